The van der Waals surface area contributed by atoms with Gasteiger partial charge < -0.3 is 10.3 Å². The summed E-state index contributed by atoms with van der Waals surface area (Å²) < 4.78 is 6.74. The van der Waals surface area contributed by atoms with Crippen LogP contribution in [-0.4, -0.2) is 32.3 Å². The number of anilines is 1. The first-order chi connectivity index (χ1) is 15.3. The molecule has 0 fully saturated rings. The van der Waals surface area contributed by atoms with E-state index in [9.17, 15) is 14.4 Å². The minimum absolute atomic E-state index is 0.0597. The molecule has 9 nitrogen and oxygen atoms in total. The first-order valence-electron chi connectivity index (χ1n) is 10.5. The second-order valence-corrected chi connectivity index (χ2v) is 8.70. The molecule has 0 unspecified atom stereocenters. The van der Waals surface area contributed by atoms with Gasteiger partial charge in [-0.2, -0.15) is 0 Å². The van der Waals surface area contributed by atoms with E-state index in [0.29, 0.717) is 41.9 Å². The molecule has 0 saturated heterocycles. The first-order valence-corrected chi connectivity index (χ1v) is 11.5. The van der Waals surface area contributed by atoms with Crippen molar-refractivity contribution in [3.05, 3.63) is 46.4 Å². The number of carbonyl (C=O) groups is 2. The summed E-state index contributed by atoms with van der Waals surface area (Å²) in [6.45, 7) is 4.41. The van der Waals surface area contributed by atoms with Crippen molar-refractivity contribution in [1.29, 1.82) is 0 Å². The van der Waals surface area contributed by atoms with Crippen molar-refractivity contribution in [1.82, 2.24) is 14.7 Å². The molecule has 2 aromatic heterocycles. The van der Waals surface area contributed by atoms with E-state index in [2.05, 4.69) is 15.5 Å². The molecule has 3 rings (SSSR count). The van der Waals surface area contributed by atoms with Gasteiger partial charge in [0.1, 0.15) is 0 Å². The number of rotatable bonds is 11. The molecule has 1 aromatic carbocycles. The van der Waals surface area contributed by atoms with Crippen LogP contribution in [0.1, 0.15) is 51.1 Å². The van der Waals surface area contributed by atoms with Gasteiger partial charge in [0, 0.05) is 19.0 Å². The number of fused-ring (bicyclic) bond motifs is 1. The highest BCUT2D eigenvalue weighted by molar-refractivity contribution is 7.99. The fraction of sp³-hybridized carbons (Fsp3) is 0.409. The SMILES string of the molecule is CC(C)c1cc(NC(=O)CSc2nc3ccccc3c(=O)n2CCCCCC(N)=O)on1. The number of amides is 2. The van der Waals surface area contributed by atoms with Crippen LogP contribution >= 0.6 is 11.8 Å². The summed E-state index contributed by atoms with van der Waals surface area (Å²) in [7, 11) is 0. The molecule has 0 aliphatic rings. The zero-order valence-electron chi connectivity index (χ0n) is 18.2. The Hall–Kier alpha value is -3.14. The Balaban J connectivity index is 1.71. The van der Waals surface area contributed by atoms with E-state index in [1.807, 2.05) is 19.9 Å². The van der Waals surface area contributed by atoms with E-state index >= 15 is 0 Å². The monoisotopic (exact) mass is 457 g/mol. The molecular weight excluding hydrogens is 430 g/mol. The highest BCUT2D eigenvalue weighted by atomic mass is 32.2. The Bertz CT molecular complexity index is 1150. The smallest absolute Gasteiger partial charge is 0.262 e. The first kappa shape index (κ1) is 23.5. The number of carbonyl (C=O) groups excluding carboxylic acids is 2. The average Bonchev–Trinajstić information content (AvgIpc) is 3.22. The molecule has 3 aromatic rings. The molecule has 2 amide bonds. The van der Waals surface area contributed by atoms with Crippen molar-refractivity contribution in [3.63, 3.8) is 0 Å². The number of para-hydroxylation sites is 1. The van der Waals surface area contributed by atoms with E-state index < -0.39 is 0 Å². The number of nitrogens with zero attached hydrogens (tertiary/aromatic N) is 3. The van der Waals surface area contributed by atoms with Crippen molar-refractivity contribution < 1.29 is 14.1 Å². The van der Waals surface area contributed by atoms with Crippen LogP contribution in [0.15, 0.2) is 44.8 Å². The van der Waals surface area contributed by atoms with Crippen molar-refractivity contribution in [3.8, 4) is 0 Å². The average molecular weight is 458 g/mol. The van der Waals surface area contributed by atoms with Crippen LogP contribution in [0.3, 0.4) is 0 Å². The van der Waals surface area contributed by atoms with E-state index in [1.165, 1.54) is 11.8 Å². The van der Waals surface area contributed by atoms with E-state index in [-0.39, 0.29) is 34.9 Å². The molecule has 170 valence electrons. The van der Waals surface area contributed by atoms with Crippen molar-refractivity contribution >= 4 is 40.4 Å². The van der Waals surface area contributed by atoms with Gasteiger partial charge in [-0.3, -0.25) is 24.3 Å². The van der Waals surface area contributed by atoms with Crippen LogP contribution in [-0.2, 0) is 16.1 Å². The summed E-state index contributed by atoms with van der Waals surface area (Å²) in [5, 5.41) is 7.61. The second-order valence-electron chi connectivity index (χ2n) is 7.75. The minimum atomic E-state index is -0.330. The highest BCUT2D eigenvalue weighted by Gasteiger charge is 2.15. The molecule has 0 radical (unpaired) electrons. The number of hydrogen-bond donors (Lipinski definition) is 2. The lowest BCUT2D eigenvalue weighted by molar-refractivity contribution is -0.118. The van der Waals surface area contributed by atoms with Crippen LogP contribution < -0.4 is 16.6 Å². The largest absolute Gasteiger partial charge is 0.370 e. The van der Waals surface area contributed by atoms with Crippen molar-refractivity contribution in [2.75, 3.05) is 11.1 Å². The number of hydrogen-bond acceptors (Lipinski definition) is 7. The molecule has 2 heterocycles. The Morgan fingerprint density at radius 2 is 2.00 bits per heavy atom. The number of aromatic nitrogens is 3. The van der Waals surface area contributed by atoms with Crippen LogP contribution in [0.5, 0.6) is 0 Å². The van der Waals surface area contributed by atoms with Crippen LogP contribution in [0.4, 0.5) is 5.88 Å². The molecule has 0 aliphatic heterocycles. The van der Waals surface area contributed by atoms with E-state index in [1.54, 1.807) is 28.8 Å². The third kappa shape index (κ3) is 6.19. The zero-order valence-corrected chi connectivity index (χ0v) is 19.0. The van der Waals surface area contributed by atoms with Gasteiger partial charge in [-0.1, -0.05) is 49.3 Å². The van der Waals surface area contributed by atoms with Crippen molar-refractivity contribution in [2.45, 2.75) is 57.1 Å². The molecule has 0 aliphatic carbocycles. The number of thioether (sulfide) groups is 1. The predicted molar refractivity (Wildman–Crippen MR) is 124 cm³/mol. The number of unbranched alkanes of at least 4 members (excludes halogenated alkanes) is 2. The molecule has 0 atom stereocenters. The normalized spacial score (nSPS) is 11.2. The van der Waals surface area contributed by atoms with Gasteiger partial charge >= 0.3 is 0 Å². The summed E-state index contributed by atoms with van der Waals surface area (Å²) in [5.41, 5.74) is 6.38. The molecule has 0 spiro atoms. The molecule has 10 heteroatoms. The number of primary amides is 1. The lowest BCUT2D eigenvalue weighted by atomic mass is 10.1. The Morgan fingerprint density at radius 3 is 2.72 bits per heavy atom. The predicted octanol–water partition coefficient (Wildman–Crippen LogP) is 3.28. The summed E-state index contributed by atoms with van der Waals surface area (Å²) in [6.07, 6.45) is 2.46. The topological polar surface area (TPSA) is 133 Å². The molecule has 3 N–H and O–H groups in total. The maximum Gasteiger partial charge on any atom is 0.262 e. The second kappa shape index (κ2) is 10.9. The molecule has 0 bridgehead atoms. The number of nitrogens with one attached hydrogen (secondary N) is 1. The summed E-state index contributed by atoms with van der Waals surface area (Å²) in [5.74, 6) is -0.0685. The maximum absolute atomic E-state index is 13.0. The standard InChI is InChI=1S/C22H27N5O4S/c1-14(2)17-12-20(31-26-17)25-19(29)13-32-22-24-16-9-6-5-8-15(16)21(30)27(22)11-7-3-4-10-18(23)28/h5-6,8-9,12,14H,3-4,7,10-11,13H2,1-2H3,(H2,23,28)(H,25,29). The Morgan fingerprint density at radius 1 is 1.22 bits per heavy atom. The van der Waals surface area contributed by atoms with E-state index in [4.69, 9.17) is 10.3 Å². The van der Waals surface area contributed by atoms with Gasteiger partial charge in [-0.15, -0.1) is 0 Å². The fourth-order valence-electron chi connectivity index (χ4n) is 3.12. The molecule has 0 saturated carbocycles. The Kier molecular flexibility index (Phi) is 8.04. The van der Waals surface area contributed by atoms with E-state index in [0.717, 1.165) is 12.1 Å². The number of benzene rings is 1. The number of nitrogens with two attached hydrogens (primary N) is 1. The summed E-state index contributed by atoms with van der Waals surface area (Å²) in [4.78, 5) is 41.0. The highest BCUT2D eigenvalue weighted by Crippen LogP contribution is 2.21. The lowest BCUT2D eigenvalue weighted by Gasteiger charge is -2.13. The molecular formula is C22H27N5O4S. The van der Waals surface area contributed by atoms with Gasteiger partial charge in [-0.25, -0.2) is 4.98 Å². The lowest BCUT2D eigenvalue weighted by Crippen LogP contribution is -2.24. The minimum Gasteiger partial charge on any atom is -0.370 e. The fourth-order valence-corrected chi connectivity index (χ4v) is 3.95. The van der Waals surface area contributed by atoms with Crippen LogP contribution in [0.2, 0.25) is 0 Å². The zero-order chi connectivity index (χ0) is 23.1. The van der Waals surface area contributed by atoms with Crippen molar-refractivity contribution in [2.24, 2.45) is 5.73 Å². The van der Waals surface area contributed by atoms with Gasteiger partial charge in [0.15, 0.2) is 5.16 Å². The quantitative estimate of drug-likeness (QED) is 0.256. The van der Waals surface area contributed by atoms with Gasteiger partial charge in [-0.05, 0) is 30.9 Å². The third-order valence-electron chi connectivity index (χ3n) is 4.85. The van der Waals surface area contributed by atoms with Crippen LogP contribution in [0, 0.1) is 0 Å². The molecule has 32 heavy (non-hydrogen) atoms. The third-order valence-corrected chi connectivity index (χ3v) is 5.82. The maximum atomic E-state index is 13.0. The van der Waals surface area contributed by atoms with Gasteiger partial charge in [0.2, 0.25) is 17.7 Å². The van der Waals surface area contributed by atoms with Crippen LogP contribution in [0.25, 0.3) is 10.9 Å². The summed E-state index contributed by atoms with van der Waals surface area (Å²) in [6, 6.07) is 8.83. The van der Waals surface area contributed by atoms with Gasteiger partial charge in [0.25, 0.3) is 5.56 Å². The van der Waals surface area contributed by atoms with Gasteiger partial charge in [0.05, 0.1) is 22.3 Å². The summed E-state index contributed by atoms with van der Waals surface area (Å²) >= 11 is 1.19. The Labute approximate surface area is 189 Å².